The van der Waals surface area contributed by atoms with Crippen molar-refractivity contribution in [1.82, 2.24) is 14.9 Å². The van der Waals surface area contributed by atoms with Crippen LogP contribution in [0.1, 0.15) is 25.2 Å². The minimum atomic E-state index is -0.181. The fourth-order valence-electron chi connectivity index (χ4n) is 3.30. The largest absolute Gasteiger partial charge is 0.382 e. The highest BCUT2D eigenvalue weighted by atomic mass is 16.5. The van der Waals surface area contributed by atoms with E-state index in [0.717, 1.165) is 42.1 Å². The van der Waals surface area contributed by atoms with Gasteiger partial charge in [-0.25, -0.2) is 9.97 Å². The molecule has 3 rings (SSSR count). The molecule has 0 aliphatic carbocycles. The summed E-state index contributed by atoms with van der Waals surface area (Å²) in [6.45, 7) is 9.42. The normalized spacial score (nSPS) is 21.7. The molecule has 2 aromatic rings. The molecule has 1 aliphatic rings. The molecule has 1 aromatic carbocycles. The lowest BCUT2D eigenvalue weighted by Gasteiger charge is -2.42. The Morgan fingerprint density at radius 1 is 1.26 bits per heavy atom. The van der Waals surface area contributed by atoms with Crippen molar-refractivity contribution in [2.75, 3.05) is 26.8 Å². The third kappa shape index (κ3) is 3.86. The molecule has 1 atom stereocenters. The number of aromatic nitrogens is 2. The molecule has 1 saturated heterocycles. The molecule has 0 spiro atoms. The highest BCUT2D eigenvalue weighted by Crippen LogP contribution is 2.23. The number of benzene rings is 1. The average molecular weight is 315 g/mol. The van der Waals surface area contributed by atoms with Crippen LogP contribution in [0.15, 0.2) is 24.3 Å². The minimum absolute atomic E-state index is 0.0949. The Morgan fingerprint density at radius 3 is 2.65 bits per heavy atom. The van der Waals surface area contributed by atoms with Crippen molar-refractivity contribution < 1.29 is 9.47 Å². The average Bonchev–Trinajstić information content (AvgIpc) is 2.46. The fourth-order valence-corrected chi connectivity index (χ4v) is 3.30. The molecule has 0 amide bonds. The van der Waals surface area contributed by atoms with Gasteiger partial charge in [0.05, 0.1) is 40.7 Å². The van der Waals surface area contributed by atoms with E-state index in [1.165, 1.54) is 0 Å². The zero-order valence-electron chi connectivity index (χ0n) is 14.4. The molecule has 1 aromatic heterocycles. The number of hydrogen-bond acceptors (Lipinski definition) is 5. The van der Waals surface area contributed by atoms with Crippen LogP contribution in [0.2, 0.25) is 0 Å². The maximum absolute atomic E-state index is 6.08. The second kappa shape index (κ2) is 6.51. The quantitative estimate of drug-likeness (QED) is 0.868. The highest BCUT2D eigenvalue weighted by Gasteiger charge is 2.33. The van der Waals surface area contributed by atoms with Gasteiger partial charge in [0.2, 0.25) is 0 Å². The van der Waals surface area contributed by atoms with Crippen LogP contribution >= 0.6 is 0 Å². The van der Waals surface area contributed by atoms with Gasteiger partial charge in [0.15, 0.2) is 0 Å². The minimum Gasteiger partial charge on any atom is -0.382 e. The van der Waals surface area contributed by atoms with Gasteiger partial charge in [-0.1, -0.05) is 12.1 Å². The molecule has 0 radical (unpaired) electrons. The van der Waals surface area contributed by atoms with Crippen LogP contribution in [0, 0.1) is 6.92 Å². The fraction of sp³-hybridized carbons (Fsp3) is 0.556. The Bertz CT molecular complexity index is 687. The van der Waals surface area contributed by atoms with Crippen molar-refractivity contribution in [2.24, 2.45) is 0 Å². The van der Waals surface area contributed by atoms with E-state index in [4.69, 9.17) is 14.5 Å². The standard InChI is InChI=1S/C18H25N3O2/c1-13-17(20-16-8-6-5-7-15(16)19-13)10-21-9-14(11-22-4)23-18(2,3)12-21/h5-8,14H,9-12H2,1-4H3/t14-/m0/s1. The number of fused-ring (bicyclic) bond motifs is 1. The zero-order valence-corrected chi connectivity index (χ0v) is 14.4. The summed E-state index contributed by atoms with van der Waals surface area (Å²) in [4.78, 5) is 11.9. The van der Waals surface area contributed by atoms with Crippen molar-refractivity contribution in [3.8, 4) is 0 Å². The van der Waals surface area contributed by atoms with Gasteiger partial charge in [-0.05, 0) is 32.9 Å². The van der Waals surface area contributed by atoms with Crippen LogP contribution in [0.25, 0.3) is 11.0 Å². The van der Waals surface area contributed by atoms with Crippen LogP contribution < -0.4 is 0 Å². The topological polar surface area (TPSA) is 47.5 Å². The van der Waals surface area contributed by atoms with Crippen LogP contribution in [0.3, 0.4) is 0 Å². The van der Waals surface area contributed by atoms with Crippen LogP contribution in [0.5, 0.6) is 0 Å². The summed E-state index contributed by atoms with van der Waals surface area (Å²) < 4.78 is 11.4. The summed E-state index contributed by atoms with van der Waals surface area (Å²) in [5.41, 5.74) is 3.76. The van der Waals surface area contributed by atoms with Gasteiger partial charge >= 0.3 is 0 Å². The van der Waals surface area contributed by atoms with E-state index in [2.05, 4.69) is 23.7 Å². The van der Waals surface area contributed by atoms with Gasteiger partial charge < -0.3 is 9.47 Å². The molecule has 5 heteroatoms. The van der Waals surface area contributed by atoms with Crippen LogP contribution in [-0.4, -0.2) is 53.4 Å². The lowest BCUT2D eigenvalue weighted by molar-refractivity contribution is -0.154. The highest BCUT2D eigenvalue weighted by molar-refractivity contribution is 5.74. The summed E-state index contributed by atoms with van der Waals surface area (Å²) in [5, 5.41) is 0. The number of aryl methyl sites for hydroxylation is 1. The van der Waals surface area contributed by atoms with Gasteiger partial charge in [0, 0.05) is 26.7 Å². The van der Waals surface area contributed by atoms with Gasteiger partial charge in [-0.3, -0.25) is 4.90 Å². The van der Waals surface area contributed by atoms with Crippen molar-refractivity contribution in [1.29, 1.82) is 0 Å². The van der Waals surface area contributed by atoms with E-state index in [1.54, 1.807) is 7.11 Å². The molecular formula is C18H25N3O2. The molecule has 0 unspecified atom stereocenters. The molecule has 0 N–H and O–H groups in total. The van der Waals surface area contributed by atoms with Gasteiger partial charge in [-0.2, -0.15) is 0 Å². The van der Waals surface area contributed by atoms with E-state index < -0.39 is 0 Å². The van der Waals surface area contributed by atoms with Crippen molar-refractivity contribution >= 4 is 11.0 Å². The smallest absolute Gasteiger partial charge is 0.0942 e. The second-order valence-electron chi connectivity index (χ2n) is 6.87. The van der Waals surface area contributed by atoms with Gasteiger partial charge in [-0.15, -0.1) is 0 Å². The Labute approximate surface area is 137 Å². The Kier molecular flexibility index (Phi) is 4.62. The van der Waals surface area contributed by atoms with Crippen molar-refractivity contribution in [3.05, 3.63) is 35.7 Å². The van der Waals surface area contributed by atoms with E-state index in [1.807, 2.05) is 31.2 Å². The number of methoxy groups -OCH3 is 1. The monoisotopic (exact) mass is 315 g/mol. The molecule has 23 heavy (non-hydrogen) atoms. The maximum atomic E-state index is 6.08. The van der Waals surface area contributed by atoms with E-state index in [0.29, 0.717) is 6.61 Å². The lowest BCUT2D eigenvalue weighted by Crippen LogP contribution is -2.53. The molecular weight excluding hydrogens is 290 g/mol. The van der Waals surface area contributed by atoms with E-state index in [-0.39, 0.29) is 11.7 Å². The molecule has 2 heterocycles. The Balaban J connectivity index is 1.81. The third-order valence-corrected chi connectivity index (χ3v) is 4.12. The van der Waals surface area contributed by atoms with E-state index in [9.17, 15) is 0 Å². The Morgan fingerprint density at radius 2 is 1.96 bits per heavy atom. The maximum Gasteiger partial charge on any atom is 0.0942 e. The molecule has 124 valence electrons. The summed E-state index contributed by atoms with van der Waals surface area (Å²) in [5.74, 6) is 0. The first-order valence-electron chi connectivity index (χ1n) is 8.08. The molecule has 0 saturated carbocycles. The molecule has 1 fully saturated rings. The first-order valence-corrected chi connectivity index (χ1v) is 8.08. The van der Waals surface area contributed by atoms with Crippen molar-refractivity contribution in [3.63, 3.8) is 0 Å². The van der Waals surface area contributed by atoms with Gasteiger partial charge in [0.25, 0.3) is 0 Å². The van der Waals surface area contributed by atoms with E-state index >= 15 is 0 Å². The number of ether oxygens (including phenoxy) is 2. The Hall–Kier alpha value is -1.56. The summed E-state index contributed by atoms with van der Waals surface area (Å²) in [7, 11) is 1.72. The predicted molar refractivity (Wildman–Crippen MR) is 90.4 cm³/mol. The number of nitrogens with zero attached hydrogens (tertiary/aromatic N) is 3. The summed E-state index contributed by atoms with van der Waals surface area (Å²) >= 11 is 0. The first-order chi connectivity index (χ1) is 11.0. The lowest BCUT2D eigenvalue weighted by atomic mass is 10.0. The third-order valence-electron chi connectivity index (χ3n) is 4.12. The number of morpholine rings is 1. The van der Waals surface area contributed by atoms with Crippen LogP contribution in [0.4, 0.5) is 0 Å². The number of rotatable bonds is 4. The molecule has 0 bridgehead atoms. The number of para-hydroxylation sites is 2. The number of hydrogen-bond donors (Lipinski definition) is 0. The van der Waals surface area contributed by atoms with Gasteiger partial charge in [0.1, 0.15) is 0 Å². The SMILES string of the molecule is COC[C@@H]1CN(Cc2nc3ccccc3nc2C)CC(C)(C)O1. The predicted octanol–water partition coefficient (Wildman–Crippen LogP) is 2.56. The van der Waals surface area contributed by atoms with Crippen LogP contribution in [-0.2, 0) is 16.0 Å². The summed E-state index contributed by atoms with van der Waals surface area (Å²) in [6, 6.07) is 8.02. The second-order valence-corrected chi connectivity index (χ2v) is 6.87. The zero-order chi connectivity index (χ0) is 16.4. The summed E-state index contributed by atoms with van der Waals surface area (Å²) in [6.07, 6.45) is 0.0949. The molecule has 1 aliphatic heterocycles. The first kappa shape index (κ1) is 16.3. The van der Waals surface area contributed by atoms with Crippen molar-refractivity contribution in [2.45, 2.75) is 39.0 Å². The molecule has 5 nitrogen and oxygen atoms in total.